The molecule has 2 aromatic rings. The third-order valence-electron chi connectivity index (χ3n) is 2.60. The summed E-state index contributed by atoms with van der Waals surface area (Å²) in [5.41, 5.74) is 1.34. The number of rotatable bonds is 4. The second-order valence-electron chi connectivity index (χ2n) is 4.41. The molecule has 0 aliphatic heterocycles. The topological polar surface area (TPSA) is 70.9 Å². The molecule has 0 saturated carbocycles. The van der Waals surface area contributed by atoms with E-state index in [4.69, 9.17) is 9.78 Å². The summed E-state index contributed by atoms with van der Waals surface area (Å²) in [6, 6.07) is 3.83. The van der Waals surface area contributed by atoms with E-state index in [2.05, 4.69) is 21.1 Å². The van der Waals surface area contributed by atoms with Crippen LogP contribution in [0.3, 0.4) is 0 Å². The number of likely N-dealkylation sites (N-methyl/N-ethyl adjacent to an activating group) is 1. The Morgan fingerprint density at radius 3 is 2.89 bits per heavy atom. The Hall–Kier alpha value is -2.13. The Kier molecular flexibility index (Phi) is 3.44. The lowest BCUT2D eigenvalue weighted by Gasteiger charge is -2.05. The van der Waals surface area contributed by atoms with Gasteiger partial charge in [0, 0.05) is 26.2 Å². The summed E-state index contributed by atoms with van der Waals surface area (Å²) < 4.78 is 7.02. The molecular formula is C12H15N5O. The highest BCUT2D eigenvalue weighted by molar-refractivity contribution is 5.52. The van der Waals surface area contributed by atoms with Crippen LogP contribution in [0.15, 0.2) is 16.8 Å². The molecule has 6 heteroatoms. The van der Waals surface area contributed by atoms with Crippen molar-refractivity contribution in [1.82, 2.24) is 19.6 Å². The lowest BCUT2D eigenvalue weighted by atomic mass is 10.3. The molecule has 0 bridgehead atoms. The van der Waals surface area contributed by atoms with Crippen LogP contribution in [0, 0.1) is 11.3 Å². The predicted molar refractivity (Wildman–Crippen MR) is 65.7 cm³/mol. The first kappa shape index (κ1) is 12.3. The number of nitriles is 1. The molecular weight excluding hydrogens is 230 g/mol. The third-order valence-corrected chi connectivity index (χ3v) is 2.60. The maximum Gasteiger partial charge on any atom is 0.274 e. The minimum Gasteiger partial charge on any atom is -0.345 e. The molecule has 0 aromatic carbocycles. The molecule has 6 nitrogen and oxygen atoms in total. The highest BCUT2D eigenvalue weighted by Crippen LogP contribution is 2.19. The van der Waals surface area contributed by atoms with Gasteiger partial charge in [0.25, 0.3) is 5.89 Å². The predicted octanol–water partition coefficient (Wildman–Crippen LogP) is 1.05. The van der Waals surface area contributed by atoms with Gasteiger partial charge in [0.1, 0.15) is 11.8 Å². The lowest BCUT2D eigenvalue weighted by molar-refractivity contribution is 0.392. The van der Waals surface area contributed by atoms with Crippen LogP contribution < -0.4 is 0 Å². The SMILES string of the molecule is CN(C)CCc1noc(-c2cc(C#N)cn2C)n1. The summed E-state index contributed by atoms with van der Waals surface area (Å²) in [4.78, 5) is 6.39. The molecule has 0 atom stereocenters. The van der Waals surface area contributed by atoms with Crippen LogP contribution in [0.4, 0.5) is 0 Å². The molecule has 0 aliphatic carbocycles. The van der Waals surface area contributed by atoms with Crippen molar-refractivity contribution in [2.45, 2.75) is 6.42 Å². The second-order valence-corrected chi connectivity index (χ2v) is 4.41. The van der Waals surface area contributed by atoms with E-state index in [0.717, 1.165) is 18.7 Å². The van der Waals surface area contributed by atoms with E-state index in [1.807, 2.05) is 25.7 Å². The Balaban J connectivity index is 2.19. The van der Waals surface area contributed by atoms with Gasteiger partial charge >= 0.3 is 0 Å². The van der Waals surface area contributed by atoms with Crippen LogP contribution in [0.5, 0.6) is 0 Å². The molecule has 0 amide bonds. The fraction of sp³-hybridized carbons (Fsp3) is 0.417. The summed E-state index contributed by atoms with van der Waals surface area (Å²) in [7, 11) is 5.84. The summed E-state index contributed by atoms with van der Waals surface area (Å²) in [6.07, 6.45) is 2.48. The second kappa shape index (κ2) is 5.02. The molecule has 0 saturated heterocycles. The van der Waals surface area contributed by atoms with Crippen LogP contribution in [0.1, 0.15) is 11.4 Å². The highest BCUT2D eigenvalue weighted by atomic mass is 16.5. The molecule has 94 valence electrons. The van der Waals surface area contributed by atoms with Crippen LogP contribution >= 0.6 is 0 Å². The largest absolute Gasteiger partial charge is 0.345 e. The number of aryl methyl sites for hydroxylation is 1. The van der Waals surface area contributed by atoms with E-state index in [-0.39, 0.29) is 0 Å². The summed E-state index contributed by atoms with van der Waals surface area (Å²) in [5, 5.41) is 12.8. The molecule has 0 fully saturated rings. The zero-order valence-electron chi connectivity index (χ0n) is 10.7. The van der Waals surface area contributed by atoms with Crippen LogP contribution in [0.25, 0.3) is 11.6 Å². The molecule has 0 N–H and O–H groups in total. The maximum atomic E-state index is 8.84. The third kappa shape index (κ3) is 2.57. The zero-order chi connectivity index (χ0) is 13.1. The van der Waals surface area contributed by atoms with Gasteiger partial charge in [-0.15, -0.1) is 0 Å². The number of nitrogens with zero attached hydrogens (tertiary/aromatic N) is 5. The smallest absolute Gasteiger partial charge is 0.274 e. The van der Waals surface area contributed by atoms with E-state index < -0.39 is 0 Å². The Labute approximate surface area is 105 Å². The van der Waals surface area contributed by atoms with E-state index in [1.54, 1.807) is 12.3 Å². The van der Waals surface area contributed by atoms with Crippen LogP contribution in [-0.2, 0) is 13.5 Å². The van der Waals surface area contributed by atoms with Crippen molar-refractivity contribution in [3.63, 3.8) is 0 Å². The zero-order valence-corrected chi connectivity index (χ0v) is 10.7. The van der Waals surface area contributed by atoms with Crippen molar-refractivity contribution in [3.05, 3.63) is 23.7 Å². The van der Waals surface area contributed by atoms with Gasteiger partial charge < -0.3 is 14.0 Å². The van der Waals surface area contributed by atoms with Gasteiger partial charge in [-0.3, -0.25) is 0 Å². The maximum absolute atomic E-state index is 8.84. The normalized spacial score (nSPS) is 10.8. The standard InChI is InChI=1S/C12H15N5O/c1-16(2)5-4-11-14-12(18-15-11)10-6-9(7-13)8-17(10)3/h6,8H,4-5H2,1-3H3. The number of hydrogen-bond acceptors (Lipinski definition) is 5. The number of aromatic nitrogens is 3. The van der Waals surface area contributed by atoms with Gasteiger partial charge in [-0.25, -0.2) is 0 Å². The van der Waals surface area contributed by atoms with Gasteiger partial charge in [0.15, 0.2) is 5.82 Å². The van der Waals surface area contributed by atoms with E-state index in [9.17, 15) is 0 Å². The first-order chi connectivity index (χ1) is 8.60. The van der Waals surface area contributed by atoms with Gasteiger partial charge in [0.05, 0.1) is 5.56 Å². The van der Waals surface area contributed by atoms with Crippen molar-refractivity contribution in [2.24, 2.45) is 7.05 Å². The van der Waals surface area contributed by atoms with E-state index in [0.29, 0.717) is 17.3 Å². The molecule has 2 aromatic heterocycles. The average Bonchev–Trinajstić information content (AvgIpc) is 2.92. The van der Waals surface area contributed by atoms with Crippen LogP contribution in [-0.4, -0.2) is 40.2 Å². The van der Waals surface area contributed by atoms with E-state index >= 15 is 0 Å². The first-order valence-corrected chi connectivity index (χ1v) is 5.64. The van der Waals surface area contributed by atoms with Crippen molar-refractivity contribution in [3.8, 4) is 17.7 Å². The number of hydrogen-bond donors (Lipinski definition) is 0. The molecule has 2 heterocycles. The van der Waals surface area contributed by atoms with Crippen LogP contribution in [0.2, 0.25) is 0 Å². The average molecular weight is 245 g/mol. The minimum atomic E-state index is 0.452. The molecule has 0 unspecified atom stereocenters. The molecule has 0 radical (unpaired) electrons. The Bertz CT molecular complexity index is 576. The first-order valence-electron chi connectivity index (χ1n) is 5.64. The quantitative estimate of drug-likeness (QED) is 0.805. The lowest BCUT2D eigenvalue weighted by Crippen LogP contribution is -2.15. The van der Waals surface area contributed by atoms with Gasteiger partial charge in [-0.1, -0.05) is 5.16 Å². The van der Waals surface area contributed by atoms with Crippen molar-refractivity contribution in [2.75, 3.05) is 20.6 Å². The van der Waals surface area contributed by atoms with Crippen molar-refractivity contribution < 1.29 is 4.52 Å². The Morgan fingerprint density at radius 2 is 2.28 bits per heavy atom. The fourth-order valence-electron chi connectivity index (χ4n) is 1.62. The summed E-state index contributed by atoms with van der Waals surface area (Å²) in [5.74, 6) is 1.13. The monoisotopic (exact) mass is 245 g/mol. The molecule has 0 aliphatic rings. The molecule has 18 heavy (non-hydrogen) atoms. The Morgan fingerprint density at radius 1 is 1.50 bits per heavy atom. The molecule has 0 spiro atoms. The molecule has 2 rings (SSSR count). The van der Waals surface area contributed by atoms with Gasteiger partial charge in [-0.2, -0.15) is 10.2 Å². The van der Waals surface area contributed by atoms with Crippen molar-refractivity contribution in [1.29, 1.82) is 5.26 Å². The van der Waals surface area contributed by atoms with Gasteiger partial charge in [0.2, 0.25) is 0 Å². The fourth-order valence-corrected chi connectivity index (χ4v) is 1.62. The highest BCUT2D eigenvalue weighted by Gasteiger charge is 2.13. The van der Waals surface area contributed by atoms with Gasteiger partial charge in [-0.05, 0) is 20.2 Å². The van der Waals surface area contributed by atoms with Crippen molar-refractivity contribution >= 4 is 0 Å². The summed E-state index contributed by atoms with van der Waals surface area (Å²) >= 11 is 0. The summed E-state index contributed by atoms with van der Waals surface area (Å²) in [6.45, 7) is 0.871. The minimum absolute atomic E-state index is 0.452. The van der Waals surface area contributed by atoms with E-state index in [1.165, 1.54) is 0 Å².